The molecule has 0 bridgehead atoms. The van der Waals surface area contributed by atoms with Crippen LogP contribution in [0.2, 0.25) is 0 Å². The Hall–Kier alpha value is -1.10. The van der Waals surface area contributed by atoms with Crippen LogP contribution in [0.1, 0.15) is 13.3 Å². The van der Waals surface area contributed by atoms with E-state index in [1.165, 1.54) is 6.92 Å². The second-order valence-electron chi connectivity index (χ2n) is 3.03. The number of carbonyl (C=O) groups excluding carboxylic acids is 1. The summed E-state index contributed by atoms with van der Waals surface area (Å²) in [5, 5.41) is 18.0. The third-order valence-electron chi connectivity index (χ3n) is 1.55. The van der Waals surface area contributed by atoms with Crippen LogP contribution in [-0.4, -0.2) is 42.8 Å². The molecule has 1 aromatic heterocycles. The minimum absolute atomic E-state index is 0.101. The van der Waals surface area contributed by atoms with Crippen LogP contribution in [0.4, 0.5) is 5.13 Å². The third-order valence-corrected chi connectivity index (χ3v) is 4.21. The van der Waals surface area contributed by atoms with E-state index in [0.717, 1.165) is 11.3 Å². The molecule has 0 aliphatic carbocycles. The summed E-state index contributed by atoms with van der Waals surface area (Å²) in [7, 11) is -3.71. The number of anilines is 1. The van der Waals surface area contributed by atoms with Crippen molar-refractivity contribution in [3.05, 3.63) is 0 Å². The molecule has 10 heteroatoms. The molecule has 1 aromatic rings. The Balaban J connectivity index is 2.71. The molecule has 0 aliphatic heterocycles. The average molecular weight is 280 g/mol. The number of rotatable bonds is 6. The van der Waals surface area contributed by atoms with Gasteiger partial charge in [0.05, 0.1) is 0 Å². The van der Waals surface area contributed by atoms with Crippen LogP contribution in [0, 0.1) is 0 Å². The SMILES string of the molecule is CC(=O)Nc1nnc(S(=O)(=O)NCCCO)s1. The fourth-order valence-corrected chi connectivity index (χ4v) is 2.93. The van der Waals surface area contributed by atoms with E-state index in [2.05, 4.69) is 20.2 Å². The van der Waals surface area contributed by atoms with Crippen LogP contribution in [0.5, 0.6) is 0 Å². The lowest BCUT2D eigenvalue weighted by Gasteiger charge is -2.00. The number of carbonyl (C=O) groups is 1. The van der Waals surface area contributed by atoms with Crippen molar-refractivity contribution in [3.63, 3.8) is 0 Å². The van der Waals surface area contributed by atoms with Gasteiger partial charge >= 0.3 is 0 Å². The van der Waals surface area contributed by atoms with Gasteiger partial charge in [0.25, 0.3) is 10.0 Å². The van der Waals surface area contributed by atoms with Gasteiger partial charge in [0, 0.05) is 20.1 Å². The molecule has 0 fully saturated rings. The average Bonchev–Trinajstić information content (AvgIpc) is 2.66. The quantitative estimate of drug-likeness (QED) is 0.461. The summed E-state index contributed by atoms with van der Waals surface area (Å²) in [6, 6.07) is 0. The van der Waals surface area contributed by atoms with Gasteiger partial charge in [-0.15, -0.1) is 10.2 Å². The Morgan fingerprint density at radius 1 is 1.47 bits per heavy atom. The molecule has 0 radical (unpaired) electrons. The van der Waals surface area contributed by atoms with Crippen molar-refractivity contribution < 1.29 is 18.3 Å². The van der Waals surface area contributed by atoms with E-state index in [9.17, 15) is 13.2 Å². The van der Waals surface area contributed by atoms with E-state index >= 15 is 0 Å². The Morgan fingerprint density at radius 2 is 2.18 bits per heavy atom. The van der Waals surface area contributed by atoms with Gasteiger partial charge in [-0.05, 0) is 6.42 Å². The maximum Gasteiger partial charge on any atom is 0.269 e. The molecule has 0 unspecified atom stereocenters. The first-order valence-corrected chi connectivity index (χ1v) is 6.97. The Morgan fingerprint density at radius 3 is 2.76 bits per heavy atom. The van der Waals surface area contributed by atoms with Crippen LogP contribution in [0.25, 0.3) is 0 Å². The zero-order valence-corrected chi connectivity index (χ0v) is 10.6. The molecule has 17 heavy (non-hydrogen) atoms. The number of aliphatic hydroxyl groups is 1. The van der Waals surface area contributed by atoms with E-state index in [1.807, 2.05) is 0 Å². The smallest absolute Gasteiger partial charge is 0.269 e. The molecule has 8 nitrogen and oxygen atoms in total. The number of nitrogens with zero attached hydrogens (tertiary/aromatic N) is 2. The summed E-state index contributed by atoms with van der Waals surface area (Å²) in [5.41, 5.74) is 0. The van der Waals surface area contributed by atoms with Gasteiger partial charge in [-0.2, -0.15) is 0 Å². The van der Waals surface area contributed by atoms with Crippen molar-refractivity contribution in [1.82, 2.24) is 14.9 Å². The monoisotopic (exact) mass is 280 g/mol. The molecule has 1 amide bonds. The van der Waals surface area contributed by atoms with Gasteiger partial charge in [0.2, 0.25) is 15.4 Å². The number of nitrogens with one attached hydrogen (secondary N) is 2. The summed E-state index contributed by atoms with van der Waals surface area (Å²) in [6.07, 6.45) is 0.316. The van der Waals surface area contributed by atoms with Gasteiger partial charge in [-0.3, -0.25) is 4.79 Å². The number of amides is 1. The predicted octanol–water partition coefficient (Wildman–Crippen LogP) is -0.843. The van der Waals surface area contributed by atoms with Crippen LogP contribution in [-0.2, 0) is 14.8 Å². The fourth-order valence-electron chi connectivity index (χ4n) is 0.867. The Bertz CT molecular complexity index is 484. The summed E-state index contributed by atoms with van der Waals surface area (Å²) >= 11 is 0.759. The van der Waals surface area contributed by atoms with E-state index in [1.54, 1.807) is 0 Å². The van der Waals surface area contributed by atoms with Crippen LogP contribution in [0.15, 0.2) is 4.34 Å². The van der Waals surface area contributed by atoms with Crippen molar-refractivity contribution in [2.45, 2.75) is 17.7 Å². The zero-order chi connectivity index (χ0) is 12.9. The van der Waals surface area contributed by atoms with Crippen LogP contribution in [0.3, 0.4) is 0 Å². The first-order chi connectivity index (χ1) is 7.95. The van der Waals surface area contributed by atoms with Gasteiger partial charge < -0.3 is 10.4 Å². The summed E-state index contributed by atoms with van der Waals surface area (Å²) in [4.78, 5) is 10.7. The van der Waals surface area contributed by atoms with Gasteiger partial charge in [-0.25, -0.2) is 13.1 Å². The minimum Gasteiger partial charge on any atom is -0.396 e. The second-order valence-corrected chi connectivity index (χ2v) is 5.95. The molecule has 1 rings (SSSR count). The van der Waals surface area contributed by atoms with Crippen LogP contribution < -0.4 is 10.0 Å². The molecular weight excluding hydrogens is 268 g/mol. The molecule has 1 heterocycles. The summed E-state index contributed by atoms with van der Waals surface area (Å²) in [6.45, 7) is 1.30. The lowest BCUT2D eigenvalue weighted by atomic mass is 10.5. The highest BCUT2D eigenvalue weighted by Gasteiger charge is 2.19. The molecule has 0 aromatic carbocycles. The molecule has 96 valence electrons. The normalized spacial score (nSPS) is 11.4. The number of hydrogen-bond acceptors (Lipinski definition) is 7. The van der Waals surface area contributed by atoms with Crippen LogP contribution >= 0.6 is 11.3 Å². The van der Waals surface area contributed by atoms with Crippen molar-refractivity contribution in [2.75, 3.05) is 18.5 Å². The molecule has 0 saturated heterocycles. The van der Waals surface area contributed by atoms with E-state index in [0.29, 0.717) is 6.42 Å². The van der Waals surface area contributed by atoms with Crippen molar-refractivity contribution in [3.8, 4) is 0 Å². The predicted molar refractivity (Wildman–Crippen MR) is 61.1 cm³/mol. The van der Waals surface area contributed by atoms with Gasteiger partial charge in [0.1, 0.15) is 0 Å². The maximum atomic E-state index is 11.6. The van der Waals surface area contributed by atoms with Gasteiger partial charge in [0.15, 0.2) is 0 Å². The van der Waals surface area contributed by atoms with Crippen molar-refractivity contribution in [2.24, 2.45) is 0 Å². The Labute approximate surface area is 102 Å². The molecule has 0 atom stereocenters. The molecule has 0 saturated carbocycles. The summed E-state index contributed by atoms with van der Waals surface area (Å²) in [5.74, 6) is -0.349. The number of aromatic nitrogens is 2. The minimum atomic E-state index is -3.71. The first-order valence-electron chi connectivity index (χ1n) is 4.67. The molecule has 0 spiro atoms. The van der Waals surface area contributed by atoms with Crippen molar-refractivity contribution >= 4 is 32.4 Å². The molecule has 3 N–H and O–H groups in total. The zero-order valence-electron chi connectivity index (χ0n) is 9.00. The Kier molecular flexibility index (Phi) is 4.93. The summed E-state index contributed by atoms with van der Waals surface area (Å²) < 4.78 is 25.2. The highest BCUT2D eigenvalue weighted by atomic mass is 32.2. The van der Waals surface area contributed by atoms with Crippen molar-refractivity contribution in [1.29, 1.82) is 0 Å². The molecular formula is C7H12N4O4S2. The highest BCUT2D eigenvalue weighted by molar-refractivity contribution is 7.91. The van der Waals surface area contributed by atoms with E-state index < -0.39 is 10.0 Å². The maximum absolute atomic E-state index is 11.6. The number of hydrogen-bond donors (Lipinski definition) is 3. The largest absolute Gasteiger partial charge is 0.396 e. The first kappa shape index (κ1) is 14.0. The standard InChI is InChI=1S/C7H12N4O4S2/c1-5(13)9-6-10-11-7(16-6)17(14,15)8-3-2-4-12/h8,12H,2-4H2,1H3,(H,9,10,13). The fraction of sp³-hybridized carbons (Fsp3) is 0.571. The van der Waals surface area contributed by atoms with E-state index in [4.69, 9.17) is 5.11 Å². The van der Waals surface area contributed by atoms with Gasteiger partial charge in [-0.1, -0.05) is 11.3 Å². The lowest BCUT2D eigenvalue weighted by molar-refractivity contribution is -0.114. The number of sulfonamides is 1. The molecule has 0 aliphatic rings. The van der Waals surface area contributed by atoms with E-state index in [-0.39, 0.29) is 28.5 Å². The number of aliphatic hydroxyl groups excluding tert-OH is 1. The lowest BCUT2D eigenvalue weighted by Crippen LogP contribution is -2.25. The third kappa shape index (κ3) is 4.34. The topological polar surface area (TPSA) is 121 Å². The second kappa shape index (κ2) is 6.00. The highest BCUT2D eigenvalue weighted by Crippen LogP contribution is 2.19.